The van der Waals surface area contributed by atoms with Crippen LogP contribution in [0.2, 0.25) is 5.02 Å². The van der Waals surface area contributed by atoms with Gasteiger partial charge in [0.05, 0.1) is 22.0 Å². The van der Waals surface area contributed by atoms with Crippen molar-refractivity contribution >= 4 is 33.3 Å². The molecule has 0 bridgehead atoms. The molecule has 1 aromatic heterocycles. The van der Waals surface area contributed by atoms with Crippen LogP contribution in [0.3, 0.4) is 0 Å². The summed E-state index contributed by atoms with van der Waals surface area (Å²) in [6.45, 7) is 1.98. The second-order valence-electron chi connectivity index (χ2n) is 3.28. The fourth-order valence-corrected chi connectivity index (χ4v) is 2.06. The molecule has 1 rings (SSSR count). The number of aromatic nitrogens is 1. The van der Waals surface area contributed by atoms with Gasteiger partial charge in [0.2, 0.25) is 0 Å². The van der Waals surface area contributed by atoms with Gasteiger partial charge in [-0.05, 0) is 28.9 Å². The number of nitriles is 1. The number of anilines is 1. The summed E-state index contributed by atoms with van der Waals surface area (Å²) in [5.41, 5.74) is 0. The highest BCUT2D eigenvalue weighted by atomic mass is 79.9. The van der Waals surface area contributed by atoms with Gasteiger partial charge in [-0.25, -0.2) is 4.98 Å². The highest BCUT2D eigenvalue weighted by Gasteiger charge is 2.13. The molecular formula is C10H11BrClN3. The molecular weight excluding hydrogens is 277 g/mol. The van der Waals surface area contributed by atoms with E-state index in [9.17, 15) is 0 Å². The summed E-state index contributed by atoms with van der Waals surface area (Å²) >= 11 is 9.19. The lowest BCUT2D eigenvalue weighted by molar-refractivity contribution is 0.692. The summed E-state index contributed by atoms with van der Waals surface area (Å²) in [6.07, 6.45) is 2.06. The lowest BCUT2D eigenvalue weighted by Crippen LogP contribution is -2.29. The number of hydrogen-bond acceptors (Lipinski definition) is 3. The van der Waals surface area contributed by atoms with E-state index in [4.69, 9.17) is 16.9 Å². The number of rotatable bonds is 3. The number of nitrogens with zero attached hydrogens (tertiary/aromatic N) is 3. The number of pyridine rings is 1. The Morgan fingerprint density at radius 2 is 2.40 bits per heavy atom. The molecule has 0 aliphatic rings. The van der Waals surface area contributed by atoms with Gasteiger partial charge in [-0.3, -0.25) is 0 Å². The average molecular weight is 289 g/mol. The van der Waals surface area contributed by atoms with Gasteiger partial charge in [-0.2, -0.15) is 5.26 Å². The van der Waals surface area contributed by atoms with E-state index in [0.717, 1.165) is 10.3 Å². The van der Waals surface area contributed by atoms with E-state index >= 15 is 0 Å². The molecule has 80 valence electrons. The largest absolute Gasteiger partial charge is 0.355 e. The predicted molar refractivity (Wildman–Crippen MR) is 65.0 cm³/mol. The summed E-state index contributed by atoms with van der Waals surface area (Å²) < 4.78 is 0.835. The van der Waals surface area contributed by atoms with E-state index in [0.29, 0.717) is 11.4 Å². The van der Waals surface area contributed by atoms with Crippen LogP contribution in [0.1, 0.15) is 13.3 Å². The predicted octanol–water partition coefficient (Wildman–Crippen LogP) is 3.24. The van der Waals surface area contributed by atoms with E-state index in [-0.39, 0.29) is 6.04 Å². The van der Waals surface area contributed by atoms with Crippen LogP contribution in [0.25, 0.3) is 0 Å². The first-order valence-corrected chi connectivity index (χ1v) is 5.64. The smallest absolute Gasteiger partial charge is 0.142 e. The van der Waals surface area contributed by atoms with Gasteiger partial charge in [-0.15, -0.1) is 0 Å². The molecule has 0 fully saturated rings. The van der Waals surface area contributed by atoms with Crippen LogP contribution in [-0.4, -0.2) is 18.1 Å². The Morgan fingerprint density at radius 1 is 1.73 bits per heavy atom. The summed E-state index contributed by atoms with van der Waals surface area (Å²) in [4.78, 5) is 6.17. The standard InChI is InChI=1S/C10H11BrClN3/c1-7(3-4-13)15(2)10-9(11)5-8(12)6-14-10/h5-7H,3H2,1-2H3. The third-order valence-electron chi connectivity index (χ3n) is 2.17. The third kappa shape index (κ3) is 3.08. The summed E-state index contributed by atoms with van der Waals surface area (Å²) in [5, 5.41) is 9.21. The van der Waals surface area contributed by atoms with Crippen molar-refractivity contribution in [2.24, 2.45) is 0 Å². The molecule has 0 saturated carbocycles. The maximum absolute atomic E-state index is 8.62. The van der Waals surface area contributed by atoms with Crippen molar-refractivity contribution in [2.75, 3.05) is 11.9 Å². The van der Waals surface area contributed by atoms with Crippen LogP contribution in [0.15, 0.2) is 16.7 Å². The lowest BCUT2D eigenvalue weighted by atomic mass is 10.2. The summed E-state index contributed by atoms with van der Waals surface area (Å²) in [5.74, 6) is 0.794. The molecule has 0 aliphatic carbocycles. The van der Waals surface area contributed by atoms with Gasteiger partial charge in [-0.1, -0.05) is 11.6 Å². The quantitative estimate of drug-likeness (QED) is 0.857. The minimum absolute atomic E-state index is 0.125. The lowest BCUT2D eigenvalue weighted by Gasteiger charge is -2.24. The van der Waals surface area contributed by atoms with Crippen LogP contribution in [-0.2, 0) is 0 Å². The molecule has 1 heterocycles. The van der Waals surface area contributed by atoms with Gasteiger partial charge >= 0.3 is 0 Å². The van der Waals surface area contributed by atoms with Crippen LogP contribution in [0, 0.1) is 11.3 Å². The van der Waals surface area contributed by atoms with Crippen LogP contribution in [0.4, 0.5) is 5.82 Å². The minimum atomic E-state index is 0.125. The second-order valence-corrected chi connectivity index (χ2v) is 4.57. The highest BCUT2D eigenvalue weighted by molar-refractivity contribution is 9.10. The molecule has 0 radical (unpaired) electrons. The van der Waals surface area contributed by atoms with E-state index in [2.05, 4.69) is 27.0 Å². The van der Waals surface area contributed by atoms with Crippen molar-refractivity contribution in [2.45, 2.75) is 19.4 Å². The van der Waals surface area contributed by atoms with Crippen molar-refractivity contribution in [1.82, 2.24) is 4.98 Å². The molecule has 0 amide bonds. The molecule has 1 aromatic rings. The SMILES string of the molecule is CC(CC#N)N(C)c1ncc(Cl)cc1Br. The van der Waals surface area contributed by atoms with E-state index in [1.54, 1.807) is 12.3 Å². The minimum Gasteiger partial charge on any atom is -0.355 e. The van der Waals surface area contributed by atoms with E-state index < -0.39 is 0 Å². The topological polar surface area (TPSA) is 39.9 Å². The van der Waals surface area contributed by atoms with Crippen LogP contribution >= 0.6 is 27.5 Å². The zero-order valence-corrected chi connectivity index (χ0v) is 10.9. The van der Waals surface area contributed by atoms with E-state index in [1.807, 2.05) is 18.9 Å². The van der Waals surface area contributed by atoms with Crippen LogP contribution in [0.5, 0.6) is 0 Å². The summed E-state index contributed by atoms with van der Waals surface area (Å²) in [7, 11) is 1.91. The first kappa shape index (κ1) is 12.3. The second kappa shape index (κ2) is 5.34. The Bertz CT molecular complexity index is 389. The van der Waals surface area contributed by atoms with Gasteiger partial charge in [0.15, 0.2) is 0 Å². The van der Waals surface area contributed by atoms with E-state index in [1.165, 1.54) is 0 Å². The highest BCUT2D eigenvalue weighted by Crippen LogP contribution is 2.27. The molecule has 0 aliphatic heterocycles. The van der Waals surface area contributed by atoms with Crippen molar-refractivity contribution < 1.29 is 0 Å². The molecule has 1 atom stereocenters. The van der Waals surface area contributed by atoms with Gasteiger partial charge < -0.3 is 4.90 Å². The molecule has 15 heavy (non-hydrogen) atoms. The first-order valence-electron chi connectivity index (χ1n) is 4.47. The van der Waals surface area contributed by atoms with Gasteiger partial charge in [0.25, 0.3) is 0 Å². The fraction of sp³-hybridized carbons (Fsp3) is 0.400. The zero-order valence-electron chi connectivity index (χ0n) is 8.54. The Balaban J connectivity index is 2.91. The zero-order chi connectivity index (χ0) is 11.4. The average Bonchev–Trinajstić information content (AvgIpc) is 2.17. The molecule has 5 heteroatoms. The Labute approximate surface area is 103 Å². The maximum atomic E-state index is 8.62. The molecule has 1 unspecified atom stereocenters. The molecule has 0 spiro atoms. The maximum Gasteiger partial charge on any atom is 0.142 e. The molecule has 0 N–H and O–H groups in total. The van der Waals surface area contributed by atoms with Crippen molar-refractivity contribution in [3.05, 3.63) is 21.8 Å². The monoisotopic (exact) mass is 287 g/mol. The number of halogens is 2. The third-order valence-corrected chi connectivity index (χ3v) is 2.96. The Hall–Kier alpha value is -0.790. The number of hydrogen-bond donors (Lipinski definition) is 0. The Kier molecular flexibility index (Phi) is 4.37. The van der Waals surface area contributed by atoms with Crippen LogP contribution < -0.4 is 4.90 Å². The van der Waals surface area contributed by atoms with Crippen molar-refractivity contribution in [3.8, 4) is 6.07 Å². The molecule has 0 aromatic carbocycles. The first-order chi connectivity index (χ1) is 7.06. The summed E-state index contributed by atoms with van der Waals surface area (Å²) in [6, 6.07) is 4.05. The molecule has 3 nitrogen and oxygen atoms in total. The van der Waals surface area contributed by atoms with Gasteiger partial charge in [0, 0.05) is 19.3 Å². The van der Waals surface area contributed by atoms with Crippen molar-refractivity contribution in [1.29, 1.82) is 5.26 Å². The van der Waals surface area contributed by atoms with Gasteiger partial charge in [0.1, 0.15) is 5.82 Å². The van der Waals surface area contributed by atoms with Crippen molar-refractivity contribution in [3.63, 3.8) is 0 Å². The fourth-order valence-electron chi connectivity index (χ4n) is 1.14. The Morgan fingerprint density at radius 3 is 2.93 bits per heavy atom. The normalized spacial score (nSPS) is 11.9. The molecule has 0 saturated heterocycles.